The van der Waals surface area contributed by atoms with E-state index in [4.69, 9.17) is 0 Å². The molecule has 8 nitrogen and oxygen atoms in total. The SMILES string of the molecule is CCC(C)NC(=O)CN1CN(c2ccccc2)C2(CCN(C(=O)Nc3ccccc3C(F)(F)F)CC2)C1=O. The summed E-state index contributed by atoms with van der Waals surface area (Å²) in [5.74, 6) is -0.430. The Morgan fingerprint density at radius 3 is 2.29 bits per heavy atom. The van der Waals surface area contributed by atoms with E-state index < -0.39 is 23.3 Å². The first-order chi connectivity index (χ1) is 18.0. The van der Waals surface area contributed by atoms with E-state index in [9.17, 15) is 27.6 Å². The second-order valence-electron chi connectivity index (χ2n) is 9.78. The van der Waals surface area contributed by atoms with Crippen LogP contribution in [-0.2, 0) is 15.8 Å². The Morgan fingerprint density at radius 2 is 1.66 bits per heavy atom. The maximum Gasteiger partial charge on any atom is 0.418 e. The molecule has 2 fully saturated rings. The van der Waals surface area contributed by atoms with Gasteiger partial charge in [-0.2, -0.15) is 13.2 Å². The van der Waals surface area contributed by atoms with E-state index in [2.05, 4.69) is 10.6 Å². The molecule has 0 aliphatic carbocycles. The van der Waals surface area contributed by atoms with Crippen molar-refractivity contribution in [2.24, 2.45) is 0 Å². The maximum atomic E-state index is 13.7. The van der Waals surface area contributed by atoms with Crippen LogP contribution in [0.2, 0.25) is 0 Å². The molecule has 2 aromatic carbocycles. The summed E-state index contributed by atoms with van der Waals surface area (Å²) in [5, 5.41) is 5.27. The molecule has 204 valence electrons. The third kappa shape index (κ3) is 5.56. The van der Waals surface area contributed by atoms with Gasteiger partial charge in [-0.15, -0.1) is 0 Å². The van der Waals surface area contributed by atoms with Gasteiger partial charge in [0.1, 0.15) is 12.1 Å². The first-order valence-corrected chi connectivity index (χ1v) is 12.7. The fourth-order valence-corrected chi connectivity index (χ4v) is 5.03. The fraction of sp³-hybridized carbons (Fsp3) is 0.444. The van der Waals surface area contributed by atoms with Gasteiger partial charge in [0.05, 0.1) is 17.9 Å². The summed E-state index contributed by atoms with van der Waals surface area (Å²) in [5.41, 5.74) is -1.37. The Kier molecular flexibility index (Phi) is 7.84. The normalized spacial score (nSPS) is 18.0. The number of urea groups is 1. The number of anilines is 2. The van der Waals surface area contributed by atoms with E-state index in [-0.39, 0.29) is 62.7 Å². The van der Waals surface area contributed by atoms with Crippen LogP contribution >= 0.6 is 0 Å². The molecule has 1 spiro atoms. The highest BCUT2D eigenvalue weighted by atomic mass is 19.4. The summed E-state index contributed by atoms with van der Waals surface area (Å²) >= 11 is 0. The molecule has 0 saturated carbocycles. The molecule has 1 atom stereocenters. The Bertz CT molecular complexity index is 1170. The highest BCUT2D eigenvalue weighted by molar-refractivity contribution is 5.97. The van der Waals surface area contributed by atoms with Gasteiger partial charge < -0.3 is 25.3 Å². The molecule has 2 N–H and O–H groups in total. The molecule has 0 bridgehead atoms. The maximum absolute atomic E-state index is 13.7. The molecule has 1 unspecified atom stereocenters. The van der Waals surface area contributed by atoms with E-state index in [1.54, 1.807) is 0 Å². The van der Waals surface area contributed by atoms with Gasteiger partial charge >= 0.3 is 12.2 Å². The van der Waals surface area contributed by atoms with E-state index in [0.29, 0.717) is 0 Å². The van der Waals surface area contributed by atoms with Gasteiger partial charge in [0.15, 0.2) is 0 Å². The van der Waals surface area contributed by atoms with E-state index in [1.807, 2.05) is 49.1 Å². The standard InChI is InChI=1S/C27H32F3N5O3/c1-3-19(2)31-23(36)17-34-18-35(20-9-5-4-6-10-20)26(24(34)37)13-15-33(16-14-26)25(38)32-22-12-8-7-11-21(22)27(28,29)30/h4-12,19H,3,13-18H2,1-2H3,(H,31,36)(H,32,38). The lowest BCUT2D eigenvalue weighted by atomic mass is 9.85. The number of piperidine rings is 1. The molecule has 38 heavy (non-hydrogen) atoms. The van der Waals surface area contributed by atoms with Crippen molar-refractivity contribution in [1.29, 1.82) is 0 Å². The van der Waals surface area contributed by atoms with Crippen molar-refractivity contribution in [3.8, 4) is 0 Å². The molecule has 2 aromatic rings. The lowest BCUT2D eigenvalue weighted by molar-refractivity contribution is -0.137. The Hall–Kier alpha value is -3.76. The summed E-state index contributed by atoms with van der Waals surface area (Å²) < 4.78 is 40.1. The highest BCUT2D eigenvalue weighted by Crippen LogP contribution is 2.40. The minimum absolute atomic E-state index is 0.0105. The van der Waals surface area contributed by atoms with Gasteiger partial charge in [-0.3, -0.25) is 9.59 Å². The Morgan fingerprint density at radius 1 is 1.03 bits per heavy atom. The number of hydrogen-bond acceptors (Lipinski definition) is 4. The number of likely N-dealkylation sites (tertiary alicyclic amines) is 1. The molecule has 0 radical (unpaired) electrons. The fourth-order valence-electron chi connectivity index (χ4n) is 5.03. The van der Waals surface area contributed by atoms with Crippen molar-refractivity contribution in [2.45, 2.75) is 50.9 Å². The van der Waals surface area contributed by atoms with Gasteiger partial charge in [-0.05, 0) is 50.5 Å². The largest absolute Gasteiger partial charge is 0.418 e. The number of alkyl halides is 3. The third-order valence-corrected chi connectivity index (χ3v) is 7.29. The van der Waals surface area contributed by atoms with Gasteiger partial charge in [-0.1, -0.05) is 37.3 Å². The lowest BCUT2D eigenvalue weighted by Gasteiger charge is -2.43. The van der Waals surface area contributed by atoms with E-state index in [1.165, 1.54) is 28.0 Å². The van der Waals surface area contributed by atoms with Gasteiger partial charge in [0.25, 0.3) is 5.91 Å². The quantitative estimate of drug-likeness (QED) is 0.583. The van der Waals surface area contributed by atoms with Crippen molar-refractivity contribution in [3.63, 3.8) is 0 Å². The van der Waals surface area contributed by atoms with Crippen LogP contribution in [-0.4, -0.2) is 65.5 Å². The number of carbonyl (C=O) groups is 3. The Labute approximate surface area is 219 Å². The number of halogens is 3. The minimum Gasteiger partial charge on any atom is -0.352 e. The lowest BCUT2D eigenvalue weighted by Crippen LogP contribution is -2.58. The van der Waals surface area contributed by atoms with E-state index >= 15 is 0 Å². The van der Waals surface area contributed by atoms with Crippen LogP contribution in [0.5, 0.6) is 0 Å². The highest BCUT2D eigenvalue weighted by Gasteiger charge is 2.54. The zero-order chi connectivity index (χ0) is 27.5. The predicted molar refractivity (Wildman–Crippen MR) is 137 cm³/mol. The van der Waals surface area contributed by atoms with Crippen molar-refractivity contribution < 1.29 is 27.6 Å². The van der Waals surface area contributed by atoms with Crippen molar-refractivity contribution in [2.75, 3.05) is 36.5 Å². The van der Waals surface area contributed by atoms with Crippen molar-refractivity contribution >= 4 is 29.2 Å². The smallest absolute Gasteiger partial charge is 0.352 e. The van der Waals surface area contributed by atoms with Crippen molar-refractivity contribution in [3.05, 3.63) is 60.2 Å². The number of benzene rings is 2. The average molecular weight is 532 g/mol. The molecule has 4 amide bonds. The molecular weight excluding hydrogens is 499 g/mol. The number of amides is 4. The topological polar surface area (TPSA) is 85.0 Å². The summed E-state index contributed by atoms with van der Waals surface area (Å²) in [6, 6.07) is 13.6. The molecule has 11 heteroatoms. The van der Waals surface area contributed by atoms with E-state index in [0.717, 1.165) is 18.2 Å². The van der Waals surface area contributed by atoms with Crippen LogP contribution in [0.25, 0.3) is 0 Å². The van der Waals surface area contributed by atoms with Crippen LogP contribution in [0, 0.1) is 0 Å². The number of nitrogens with zero attached hydrogens (tertiary/aromatic N) is 3. The zero-order valence-electron chi connectivity index (χ0n) is 21.4. The van der Waals surface area contributed by atoms with Gasteiger partial charge in [-0.25, -0.2) is 4.79 Å². The zero-order valence-corrected chi connectivity index (χ0v) is 21.4. The molecular formula is C27H32F3N5O3. The summed E-state index contributed by atoms with van der Waals surface area (Å²) in [6.07, 6.45) is -3.28. The van der Waals surface area contributed by atoms with Crippen LogP contribution in [0.4, 0.5) is 29.3 Å². The number of rotatable bonds is 6. The first-order valence-electron chi connectivity index (χ1n) is 12.7. The van der Waals surface area contributed by atoms with Crippen molar-refractivity contribution in [1.82, 2.24) is 15.1 Å². The Balaban J connectivity index is 1.50. The molecule has 4 rings (SSSR count). The molecule has 2 aliphatic heterocycles. The van der Waals surface area contributed by atoms with Gasteiger partial charge in [0, 0.05) is 24.8 Å². The summed E-state index contributed by atoms with van der Waals surface area (Å²) in [6.45, 7) is 4.34. The average Bonchev–Trinajstić information content (AvgIpc) is 3.15. The van der Waals surface area contributed by atoms with Crippen LogP contribution in [0.15, 0.2) is 54.6 Å². The first kappa shape index (κ1) is 27.3. The second kappa shape index (κ2) is 10.9. The number of hydrogen-bond donors (Lipinski definition) is 2. The van der Waals surface area contributed by atoms with Crippen LogP contribution < -0.4 is 15.5 Å². The van der Waals surface area contributed by atoms with Crippen LogP contribution in [0.3, 0.4) is 0 Å². The number of para-hydroxylation sites is 2. The number of nitrogens with one attached hydrogen (secondary N) is 2. The third-order valence-electron chi connectivity index (χ3n) is 7.29. The number of carbonyl (C=O) groups excluding carboxylic acids is 3. The minimum atomic E-state index is -4.60. The van der Waals surface area contributed by atoms with Gasteiger partial charge in [0.2, 0.25) is 5.91 Å². The van der Waals surface area contributed by atoms with Crippen LogP contribution in [0.1, 0.15) is 38.7 Å². The molecule has 2 aliphatic rings. The molecule has 2 heterocycles. The summed E-state index contributed by atoms with van der Waals surface area (Å²) in [4.78, 5) is 44.1. The second-order valence-corrected chi connectivity index (χ2v) is 9.78. The summed E-state index contributed by atoms with van der Waals surface area (Å²) in [7, 11) is 0. The molecule has 2 saturated heterocycles. The predicted octanol–water partition coefficient (Wildman–Crippen LogP) is 4.29. The molecule has 0 aromatic heterocycles. The monoisotopic (exact) mass is 531 g/mol.